The molecule has 1 fully saturated rings. The molecule has 1 heterocycles. The minimum absolute atomic E-state index is 0.0459. The molecular weight excluding hydrogens is 348 g/mol. The Morgan fingerprint density at radius 1 is 1.16 bits per heavy atom. The zero-order chi connectivity index (χ0) is 18.8. The third kappa shape index (κ3) is 3.68. The summed E-state index contributed by atoms with van der Waals surface area (Å²) in [4.78, 5) is 23.5. The summed E-state index contributed by atoms with van der Waals surface area (Å²) in [6, 6.07) is 3.40. The number of carbonyl (C=O) groups excluding carboxylic acids is 2. The molecule has 1 aromatic rings. The predicted octanol–water partition coefficient (Wildman–Crippen LogP) is 0.631. The molecule has 2 atom stereocenters. The van der Waals surface area contributed by atoms with Crippen LogP contribution in [0, 0.1) is 0 Å². The van der Waals surface area contributed by atoms with Gasteiger partial charge < -0.3 is 14.8 Å². The maximum atomic E-state index is 13.2. The van der Waals surface area contributed by atoms with Crippen LogP contribution in [0.5, 0.6) is 0 Å². The Morgan fingerprint density at radius 3 is 2.40 bits per heavy atom. The number of nitrogens with zero attached hydrogens (tertiary/aromatic N) is 1. The molecule has 25 heavy (non-hydrogen) atoms. The molecule has 0 radical (unpaired) electrons. The van der Waals surface area contributed by atoms with Gasteiger partial charge in [0.2, 0.25) is 10.0 Å². The SMILES string of the molecule is COC(=O)c1ccc(C(=O)OC)c(S(=O)(=O)N2CCNC(C)C2C)c1. The van der Waals surface area contributed by atoms with Gasteiger partial charge in [-0.15, -0.1) is 0 Å². The Kier molecular flexibility index (Phi) is 5.81. The fourth-order valence-corrected chi connectivity index (χ4v) is 4.66. The molecule has 0 aliphatic carbocycles. The predicted molar refractivity (Wildman–Crippen MR) is 89.9 cm³/mol. The van der Waals surface area contributed by atoms with Crippen LogP contribution in [0.3, 0.4) is 0 Å². The first-order valence-electron chi connectivity index (χ1n) is 7.80. The van der Waals surface area contributed by atoms with Crippen LogP contribution in [-0.4, -0.2) is 64.1 Å². The second-order valence-electron chi connectivity index (χ2n) is 5.79. The van der Waals surface area contributed by atoms with E-state index in [4.69, 9.17) is 0 Å². The van der Waals surface area contributed by atoms with Gasteiger partial charge in [0.25, 0.3) is 0 Å². The number of esters is 2. The molecule has 0 aromatic heterocycles. The van der Waals surface area contributed by atoms with E-state index in [1.54, 1.807) is 6.92 Å². The van der Waals surface area contributed by atoms with Crippen LogP contribution in [0.15, 0.2) is 23.1 Å². The first-order chi connectivity index (χ1) is 11.7. The van der Waals surface area contributed by atoms with Crippen molar-refractivity contribution in [2.45, 2.75) is 30.8 Å². The van der Waals surface area contributed by atoms with Crippen LogP contribution in [0.25, 0.3) is 0 Å². The minimum atomic E-state index is -4.01. The van der Waals surface area contributed by atoms with E-state index in [1.165, 1.54) is 30.7 Å². The van der Waals surface area contributed by atoms with Gasteiger partial charge in [-0.3, -0.25) is 0 Å². The fraction of sp³-hybridized carbons (Fsp3) is 0.500. The minimum Gasteiger partial charge on any atom is -0.465 e. The lowest BCUT2D eigenvalue weighted by Gasteiger charge is -2.37. The zero-order valence-electron chi connectivity index (χ0n) is 14.6. The molecule has 1 aliphatic rings. The average Bonchev–Trinajstić information content (AvgIpc) is 2.61. The third-order valence-corrected chi connectivity index (χ3v) is 6.40. The molecule has 8 nitrogen and oxygen atoms in total. The second-order valence-corrected chi connectivity index (χ2v) is 7.65. The van der Waals surface area contributed by atoms with Gasteiger partial charge in [-0.25, -0.2) is 18.0 Å². The molecule has 1 aromatic carbocycles. The lowest BCUT2D eigenvalue weighted by molar-refractivity contribution is 0.0583. The molecule has 138 valence electrons. The summed E-state index contributed by atoms with van der Waals surface area (Å²) in [7, 11) is -1.64. The molecule has 0 spiro atoms. The molecule has 0 amide bonds. The molecule has 9 heteroatoms. The monoisotopic (exact) mass is 370 g/mol. The number of carbonyl (C=O) groups is 2. The average molecular weight is 370 g/mol. The topological polar surface area (TPSA) is 102 Å². The van der Waals surface area contributed by atoms with Crippen molar-refractivity contribution in [1.29, 1.82) is 0 Å². The number of piperazine rings is 1. The zero-order valence-corrected chi connectivity index (χ0v) is 15.4. The van der Waals surface area contributed by atoms with E-state index >= 15 is 0 Å². The van der Waals surface area contributed by atoms with E-state index < -0.39 is 22.0 Å². The van der Waals surface area contributed by atoms with E-state index in [0.29, 0.717) is 6.54 Å². The van der Waals surface area contributed by atoms with Crippen molar-refractivity contribution in [3.63, 3.8) is 0 Å². The largest absolute Gasteiger partial charge is 0.465 e. The number of nitrogens with one attached hydrogen (secondary N) is 1. The molecule has 0 bridgehead atoms. The van der Waals surface area contributed by atoms with E-state index in [2.05, 4.69) is 14.8 Å². The van der Waals surface area contributed by atoms with E-state index in [-0.39, 0.29) is 34.7 Å². The molecular formula is C16H22N2O6S. The van der Waals surface area contributed by atoms with Gasteiger partial charge in [0.1, 0.15) is 0 Å². The van der Waals surface area contributed by atoms with Crippen LogP contribution < -0.4 is 5.32 Å². The van der Waals surface area contributed by atoms with E-state index in [0.717, 1.165) is 6.07 Å². The number of hydrogen-bond acceptors (Lipinski definition) is 7. The summed E-state index contributed by atoms with van der Waals surface area (Å²) < 4.78 is 37.0. The Labute approximate surface area is 147 Å². The Balaban J connectivity index is 2.60. The summed E-state index contributed by atoms with van der Waals surface area (Å²) >= 11 is 0. The summed E-state index contributed by atoms with van der Waals surface area (Å²) in [5.41, 5.74) is -0.0712. The quantitative estimate of drug-likeness (QED) is 0.776. The highest BCUT2D eigenvalue weighted by Crippen LogP contribution is 2.26. The highest BCUT2D eigenvalue weighted by molar-refractivity contribution is 7.89. The summed E-state index contributed by atoms with van der Waals surface area (Å²) in [5.74, 6) is -1.47. The Hall–Kier alpha value is -1.97. The van der Waals surface area contributed by atoms with Gasteiger partial charge in [-0.1, -0.05) is 0 Å². The second kappa shape index (κ2) is 7.51. The van der Waals surface area contributed by atoms with Crippen LogP contribution in [0.2, 0.25) is 0 Å². The van der Waals surface area contributed by atoms with E-state index in [9.17, 15) is 18.0 Å². The highest BCUT2D eigenvalue weighted by atomic mass is 32.2. The maximum absolute atomic E-state index is 13.2. The molecule has 1 saturated heterocycles. The third-order valence-electron chi connectivity index (χ3n) is 4.37. The molecule has 1 N–H and O–H groups in total. The van der Waals surface area contributed by atoms with Gasteiger partial charge in [0, 0.05) is 25.2 Å². The van der Waals surface area contributed by atoms with Crippen LogP contribution >= 0.6 is 0 Å². The number of methoxy groups -OCH3 is 2. The number of benzene rings is 1. The summed E-state index contributed by atoms with van der Waals surface area (Å²) in [5, 5.41) is 3.20. The molecule has 2 rings (SSSR count). The number of rotatable bonds is 4. The van der Waals surface area contributed by atoms with Gasteiger partial charge in [-0.05, 0) is 32.0 Å². The van der Waals surface area contributed by atoms with Gasteiger partial charge in [0.15, 0.2) is 0 Å². The van der Waals surface area contributed by atoms with Crippen molar-refractivity contribution in [3.05, 3.63) is 29.3 Å². The highest BCUT2D eigenvalue weighted by Gasteiger charge is 2.37. The fourth-order valence-electron chi connectivity index (χ4n) is 2.75. The van der Waals surface area contributed by atoms with Crippen molar-refractivity contribution >= 4 is 22.0 Å². The Morgan fingerprint density at radius 2 is 1.80 bits per heavy atom. The first kappa shape index (κ1) is 19.4. The van der Waals surface area contributed by atoms with Crippen molar-refractivity contribution in [1.82, 2.24) is 9.62 Å². The number of ether oxygens (including phenoxy) is 2. The lowest BCUT2D eigenvalue weighted by Crippen LogP contribution is -2.57. The van der Waals surface area contributed by atoms with Crippen LogP contribution in [0.1, 0.15) is 34.6 Å². The summed E-state index contributed by atoms with van der Waals surface area (Å²) in [6.07, 6.45) is 0. The number of sulfonamides is 1. The van der Waals surface area contributed by atoms with Crippen LogP contribution in [-0.2, 0) is 19.5 Å². The van der Waals surface area contributed by atoms with Crippen LogP contribution in [0.4, 0.5) is 0 Å². The van der Waals surface area contributed by atoms with Crippen molar-refractivity contribution in [2.24, 2.45) is 0 Å². The Bertz CT molecular complexity index is 777. The normalized spacial score (nSPS) is 21.6. The van der Waals surface area contributed by atoms with Gasteiger partial charge in [-0.2, -0.15) is 4.31 Å². The standard InChI is InChI=1S/C16H22N2O6S/c1-10-11(2)18(8-7-17-10)25(21,22)14-9-12(15(19)23-3)5-6-13(14)16(20)24-4/h5-6,9-11,17H,7-8H2,1-4H3. The first-order valence-corrected chi connectivity index (χ1v) is 9.24. The van der Waals surface area contributed by atoms with Crippen molar-refractivity contribution in [3.8, 4) is 0 Å². The molecule has 2 unspecified atom stereocenters. The molecule has 1 aliphatic heterocycles. The smallest absolute Gasteiger partial charge is 0.339 e. The lowest BCUT2D eigenvalue weighted by atomic mass is 10.1. The summed E-state index contributed by atoms with van der Waals surface area (Å²) in [6.45, 7) is 4.43. The van der Waals surface area contributed by atoms with Gasteiger partial charge in [0.05, 0.1) is 30.2 Å². The number of hydrogen-bond donors (Lipinski definition) is 1. The van der Waals surface area contributed by atoms with E-state index in [1.807, 2.05) is 6.92 Å². The molecule has 0 saturated carbocycles. The maximum Gasteiger partial charge on any atom is 0.339 e. The van der Waals surface area contributed by atoms with Crippen molar-refractivity contribution < 1.29 is 27.5 Å². The van der Waals surface area contributed by atoms with Crippen molar-refractivity contribution in [2.75, 3.05) is 27.3 Å². The van der Waals surface area contributed by atoms with Gasteiger partial charge >= 0.3 is 11.9 Å².